The Morgan fingerprint density at radius 3 is 1.71 bits per heavy atom. The smallest absolute Gasteiger partial charge is 0.328 e. The van der Waals surface area contributed by atoms with Gasteiger partial charge in [0.05, 0.1) is 12.0 Å². The zero-order valence-corrected chi connectivity index (χ0v) is 24.4. The number of para-hydroxylation sites is 2. The Balaban J connectivity index is 1.28. The number of carbonyl (C=O) groups excluding carboxylic acids is 3. The van der Waals surface area contributed by atoms with Crippen molar-refractivity contribution >= 4 is 23.7 Å². The van der Waals surface area contributed by atoms with Gasteiger partial charge in [-0.15, -0.1) is 0 Å². The minimum absolute atomic E-state index is 0.102. The fourth-order valence-corrected chi connectivity index (χ4v) is 5.27. The van der Waals surface area contributed by atoms with E-state index in [1.54, 1.807) is 72.8 Å². The van der Waals surface area contributed by atoms with Crippen LogP contribution in [0.15, 0.2) is 109 Å². The number of nitrogens with one attached hydrogen (secondary N) is 3. The molecule has 1 aliphatic heterocycles. The Labute approximate surface area is 260 Å². The van der Waals surface area contributed by atoms with E-state index in [-0.39, 0.29) is 19.4 Å². The van der Waals surface area contributed by atoms with Gasteiger partial charge in [-0.3, -0.25) is 14.4 Å². The van der Waals surface area contributed by atoms with Gasteiger partial charge in [0.2, 0.25) is 17.7 Å². The SMILES string of the molecule is N[C@@H](Cc1ccccc1)C(=O)N[C@@H](Cc1ccccc1)C(=O)N[C@@H](CNC(=O)C1c2ccccc2Oc2ccccc21)C(=O)O. The minimum Gasteiger partial charge on any atom is -0.480 e. The Morgan fingerprint density at radius 1 is 0.667 bits per heavy atom. The Bertz CT molecular complexity index is 1620. The molecular formula is C35H34N4O6. The van der Waals surface area contributed by atoms with Gasteiger partial charge < -0.3 is 31.5 Å². The second kappa shape index (κ2) is 14.3. The molecule has 0 aliphatic carbocycles. The predicted octanol–water partition coefficient (Wildman–Crippen LogP) is 2.91. The van der Waals surface area contributed by atoms with Crippen molar-refractivity contribution in [1.82, 2.24) is 16.0 Å². The highest BCUT2D eigenvalue weighted by atomic mass is 16.5. The molecule has 0 radical (unpaired) electrons. The first-order valence-corrected chi connectivity index (χ1v) is 14.6. The summed E-state index contributed by atoms with van der Waals surface area (Å²) in [6.45, 7) is -0.388. The summed E-state index contributed by atoms with van der Waals surface area (Å²) in [5.74, 6) is -2.74. The number of carboxylic acid groups (broad SMARTS) is 1. The van der Waals surface area contributed by atoms with Crippen LogP contribution in [0.4, 0.5) is 0 Å². The predicted molar refractivity (Wildman–Crippen MR) is 168 cm³/mol. The summed E-state index contributed by atoms with van der Waals surface area (Å²) in [6.07, 6.45) is 0.361. The van der Waals surface area contributed by atoms with E-state index in [9.17, 15) is 24.3 Å². The van der Waals surface area contributed by atoms with Crippen molar-refractivity contribution in [3.63, 3.8) is 0 Å². The number of fused-ring (bicyclic) bond motifs is 2. The summed E-state index contributed by atoms with van der Waals surface area (Å²) in [6, 6.07) is 29.0. The lowest BCUT2D eigenvalue weighted by Crippen LogP contribution is -2.57. The topological polar surface area (TPSA) is 160 Å². The molecule has 10 heteroatoms. The summed E-state index contributed by atoms with van der Waals surface area (Å²) in [5.41, 5.74) is 9.07. The zero-order valence-electron chi connectivity index (χ0n) is 24.4. The lowest BCUT2D eigenvalue weighted by molar-refractivity contribution is -0.142. The van der Waals surface area contributed by atoms with Gasteiger partial charge in [0.25, 0.3) is 0 Å². The van der Waals surface area contributed by atoms with Crippen molar-refractivity contribution in [1.29, 1.82) is 0 Å². The molecule has 0 saturated heterocycles. The van der Waals surface area contributed by atoms with E-state index < -0.39 is 47.7 Å². The third-order valence-corrected chi connectivity index (χ3v) is 7.59. The van der Waals surface area contributed by atoms with Crippen molar-refractivity contribution in [2.24, 2.45) is 5.73 Å². The Kier molecular flexibility index (Phi) is 9.86. The fraction of sp³-hybridized carbons (Fsp3) is 0.200. The molecule has 1 heterocycles. The van der Waals surface area contributed by atoms with Gasteiger partial charge in [-0.1, -0.05) is 97.1 Å². The first-order chi connectivity index (χ1) is 21.8. The maximum Gasteiger partial charge on any atom is 0.328 e. The average Bonchev–Trinajstić information content (AvgIpc) is 3.05. The molecule has 0 spiro atoms. The van der Waals surface area contributed by atoms with E-state index >= 15 is 0 Å². The van der Waals surface area contributed by atoms with Gasteiger partial charge >= 0.3 is 5.97 Å². The van der Waals surface area contributed by atoms with Crippen LogP contribution in [0, 0.1) is 0 Å². The first kappa shape index (κ1) is 31.0. The summed E-state index contributed by atoms with van der Waals surface area (Å²) in [7, 11) is 0. The van der Waals surface area contributed by atoms with Crippen LogP contribution >= 0.6 is 0 Å². The normalized spacial score (nSPS) is 14.0. The van der Waals surface area contributed by atoms with E-state index in [2.05, 4.69) is 16.0 Å². The van der Waals surface area contributed by atoms with Crippen molar-refractivity contribution in [3.8, 4) is 11.5 Å². The molecule has 4 aromatic carbocycles. The van der Waals surface area contributed by atoms with Crippen LogP contribution in [0.5, 0.6) is 11.5 Å². The van der Waals surface area contributed by atoms with Crippen molar-refractivity contribution in [3.05, 3.63) is 131 Å². The molecule has 10 nitrogen and oxygen atoms in total. The van der Waals surface area contributed by atoms with Gasteiger partial charge in [0.15, 0.2) is 0 Å². The summed E-state index contributed by atoms with van der Waals surface area (Å²) < 4.78 is 5.96. The van der Waals surface area contributed by atoms with E-state index in [0.29, 0.717) is 22.6 Å². The number of rotatable bonds is 12. The fourth-order valence-electron chi connectivity index (χ4n) is 5.27. The molecule has 0 bridgehead atoms. The molecule has 230 valence electrons. The summed E-state index contributed by atoms with van der Waals surface area (Å²) >= 11 is 0. The van der Waals surface area contributed by atoms with E-state index in [1.807, 2.05) is 36.4 Å². The zero-order chi connectivity index (χ0) is 31.8. The second-order valence-corrected chi connectivity index (χ2v) is 10.8. The van der Waals surface area contributed by atoms with Crippen LogP contribution < -0.4 is 26.4 Å². The standard InChI is InChI=1S/C35H34N4O6/c36-26(19-22-11-3-1-4-12-22)32(40)38-27(20-23-13-5-2-6-14-23)33(41)39-28(35(43)44)21-37-34(42)31-24-15-7-9-17-29(24)45-30-18-10-8-16-25(30)31/h1-18,26-28,31H,19-21,36H2,(H,37,42)(H,38,40)(H,39,41)(H,43,44)/t26-,27-,28-/m0/s1. The van der Waals surface area contributed by atoms with Crippen LogP contribution in [0.25, 0.3) is 0 Å². The van der Waals surface area contributed by atoms with Crippen molar-refractivity contribution < 1.29 is 29.0 Å². The van der Waals surface area contributed by atoms with Gasteiger partial charge in [-0.25, -0.2) is 4.79 Å². The molecule has 0 unspecified atom stereocenters. The average molecular weight is 607 g/mol. The highest BCUT2D eigenvalue weighted by Crippen LogP contribution is 2.43. The maximum atomic E-state index is 13.5. The van der Waals surface area contributed by atoms with Gasteiger partial charge in [-0.05, 0) is 29.7 Å². The highest BCUT2D eigenvalue weighted by molar-refractivity contribution is 5.93. The van der Waals surface area contributed by atoms with Gasteiger partial charge in [0.1, 0.15) is 23.6 Å². The van der Waals surface area contributed by atoms with Crippen LogP contribution in [0.3, 0.4) is 0 Å². The van der Waals surface area contributed by atoms with Crippen molar-refractivity contribution in [2.45, 2.75) is 36.9 Å². The van der Waals surface area contributed by atoms with Crippen LogP contribution in [-0.4, -0.2) is 53.5 Å². The van der Waals surface area contributed by atoms with Gasteiger partial charge in [-0.2, -0.15) is 0 Å². The number of nitrogens with two attached hydrogens (primary N) is 1. The quantitative estimate of drug-likeness (QED) is 0.166. The second-order valence-electron chi connectivity index (χ2n) is 10.8. The number of amides is 3. The number of hydrogen-bond acceptors (Lipinski definition) is 6. The molecule has 4 aromatic rings. The molecule has 0 saturated carbocycles. The number of benzene rings is 4. The number of aliphatic carboxylic acids is 1. The third kappa shape index (κ3) is 7.73. The molecule has 5 rings (SSSR count). The lowest BCUT2D eigenvalue weighted by atomic mass is 9.87. The maximum absolute atomic E-state index is 13.5. The van der Waals surface area contributed by atoms with E-state index in [4.69, 9.17) is 10.5 Å². The number of ether oxygens (including phenoxy) is 1. The summed E-state index contributed by atoms with van der Waals surface area (Å²) in [4.78, 5) is 52.3. The number of carbonyl (C=O) groups is 4. The molecule has 3 atom stereocenters. The summed E-state index contributed by atoms with van der Waals surface area (Å²) in [5, 5.41) is 17.9. The van der Waals surface area contributed by atoms with Crippen LogP contribution in [-0.2, 0) is 32.0 Å². The molecule has 1 aliphatic rings. The van der Waals surface area contributed by atoms with Crippen LogP contribution in [0.2, 0.25) is 0 Å². The molecule has 3 amide bonds. The monoisotopic (exact) mass is 606 g/mol. The van der Waals surface area contributed by atoms with E-state index in [1.165, 1.54) is 0 Å². The Hall–Kier alpha value is -5.48. The minimum atomic E-state index is -1.47. The van der Waals surface area contributed by atoms with Gasteiger partial charge in [0, 0.05) is 24.1 Å². The van der Waals surface area contributed by atoms with E-state index in [0.717, 1.165) is 11.1 Å². The van der Waals surface area contributed by atoms with Crippen molar-refractivity contribution in [2.75, 3.05) is 6.54 Å². The highest BCUT2D eigenvalue weighted by Gasteiger charge is 2.34. The molecule has 0 aromatic heterocycles. The first-order valence-electron chi connectivity index (χ1n) is 14.6. The Morgan fingerprint density at radius 2 is 1.16 bits per heavy atom. The molecule has 6 N–H and O–H groups in total. The number of hydrogen-bond donors (Lipinski definition) is 5. The third-order valence-electron chi connectivity index (χ3n) is 7.59. The lowest BCUT2D eigenvalue weighted by Gasteiger charge is -2.28. The molecule has 0 fully saturated rings. The molecule has 45 heavy (non-hydrogen) atoms. The molecular weight excluding hydrogens is 572 g/mol. The van der Waals surface area contributed by atoms with Crippen LogP contribution in [0.1, 0.15) is 28.2 Å². The largest absolute Gasteiger partial charge is 0.480 e. The number of carboxylic acids is 1.